The van der Waals surface area contributed by atoms with Crippen LogP contribution in [0.4, 0.5) is 4.39 Å². The van der Waals surface area contributed by atoms with Gasteiger partial charge in [0.1, 0.15) is 11.4 Å². The van der Waals surface area contributed by atoms with E-state index in [9.17, 15) is 4.39 Å². The fourth-order valence-electron chi connectivity index (χ4n) is 2.13. The van der Waals surface area contributed by atoms with E-state index in [2.05, 4.69) is 5.32 Å². The number of benzene rings is 1. The van der Waals surface area contributed by atoms with Gasteiger partial charge >= 0.3 is 0 Å². The van der Waals surface area contributed by atoms with Crippen molar-refractivity contribution in [3.8, 4) is 5.75 Å². The first-order valence-corrected chi connectivity index (χ1v) is 5.87. The van der Waals surface area contributed by atoms with Crippen molar-refractivity contribution in [3.05, 3.63) is 29.8 Å². The van der Waals surface area contributed by atoms with Crippen molar-refractivity contribution in [2.75, 3.05) is 19.7 Å². The third-order valence-electron chi connectivity index (χ3n) is 3.01. The van der Waals surface area contributed by atoms with Crippen LogP contribution in [0.3, 0.4) is 0 Å². The van der Waals surface area contributed by atoms with Crippen LogP contribution in [0.1, 0.15) is 25.3 Å². The third kappa shape index (κ3) is 2.35. The zero-order valence-corrected chi connectivity index (χ0v) is 9.63. The largest absolute Gasteiger partial charge is 0.494 e. The Morgan fingerprint density at radius 1 is 1.38 bits per heavy atom. The molecule has 0 radical (unpaired) electrons. The first-order chi connectivity index (χ1) is 7.74. The average molecular weight is 223 g/mol. The molecule has 1 aliphatic rings. The summed E-state index contributed by atoms with van der Waals surface area (Å²) in [6, 6.07) is 7.35. The van der Waals surface area contributed by atoms with E-state index in [1.807, 2.05) is 31.2 Å². The first kappa shape index (κ1) is 11.4. The van der Waals surface area contributed by atoms with Crippen LogP contribution in [0.2, 0.25) is 0 Å². The monoisotopic (exact) mass is 223 g/mol. The number of hydrogen-bond acceptors (Lipinski definition) is 2. The quantitative estimate of drug-likeness (QED) is 0.850. The second-order valence-electron chi connectivity index (χ2n) is 4.20. The highest BCUT2D eigenvalue weighted by molar-refractivity contribution is 5.31. The number of piperidine rings is 1. The molecule has 1 aliphatic heterocycles. The van der Waals surface area contributed by atoms with Crippen molar-refractivity contribution >= 4 is 0 Å². The van der Waals surface area contributed by atoms with Crippen molar-refractivity contribution in [1.82, 2.24) is 5.32 Å². The zero-order valence-electron chi connectivity index (χ0n) is 9.63. The van der Waals surface area contributed by atoms with E-state index in [4.69, 9.17) is 4.74 Å². The smallest absolute Gasteiger partial charge is 0.148 e. The molecule has 0 aliphatic carbocycles. The maximum Gasteiger partial charge on any atom is 0.148 e. The molecule has 16 heavy (non-hydrogen) atoms. The predicted molar refractivity (Wildman–Crippen MR) is 62.5 cm³/mol. The van der Waals surface area contributed by atoms with Gasteiger partial charge in [-0.25, -0.2) is 4.39 Å². The molecule has 1 aromatic carbocycles. The van der Waals surface area contributed by atoms with Crippen LogP contribution >= 0.6 is 0 Å². The van der Waals surface area contributed by atoms with Crippen LogP contribution in [0.25, 0.3) is 0 Å². The van der Waals surface area contributed by atoms with E-state index in [0.29, 0.717) is 19.6 Å². The highest BCUT2D eigenvalue weighted by Gasteiger charge is 2.33. The van der Waals surface area contributed by atoms with Gasteiger partial charge in [-0.1, -0.05) is 12.1 Å². The van der Waals surface area contributed by atoms with Crippen LogP contribution in [-0.4, -0.2) is 19.7 Å². The third-order valence-corrected chi connectivity index (χ3v) is 3.01. The van der Waals surface area contributed by atoms with Crippen molar-refractivity contribution in [2.24, 2.45) is 0 Å². The van der Waals surface area contributed by atoms with E-state index in [0.717, 1.165) is 24.3 Å². The number of alkyl halides is 1. The van der Waals surface area contributed by atoms with Gasteiger partial charge in [-0.15, -0.1) is 0 Å². The molecule has 1 atom stereocenters. The first-order valence-electron chi connectivity index (χ1n) is 5.87. The molecule has 0 saturated carbocycles. The molecule has 0 spiro atoms. The minimum absolute atomic E-state index is 0.418. The summed E-state index contributed by atoms with van der Waals surface area (Å²) < 4.78 is 19.9. The Bertz CT molecular complexity index is 330. The normalized spacial score (nSPS) is 25.4. The Labute approximate surface area is 95.8 Å². The van der Waals surface area contributed by atoms with Crippen LogP contribution in [-0.2, 0) is 5.67 Å². The molecule has 1 aromatic rings. The Balaban J connectivity index is 2.13. The summed E-state index contributed by atoms with van der Waals surface area (Å²) >= 11 is 0. The van der Waals surface area contributed by atoms with E-state index < -0.39 is 5.67 Å². The lowest BCUT2D eigenvalue weighted by molar-refractivity contribution is 0.122. The van der Waals surface area contributed by atoms with Crippen molar-refractivity contribution in [2.45, 2.75) is 25.4 Å². The van der Waals surface area contributed by atoms with Crippen molar-refractivity contribution in [1.29, 1.82) is 0 Å². The fraction of sp³-hybridized carbons (Fsp3) is 0.538. The molecule has 2 rings (SSSR count). The Hall–Kier alpha value is -1.09. The van der Waals surface area contributed by atoms with Crippen LogP contribution in [0.5, 0.6) is 5.75 Å². The van der Waals surface area contributed by atoms with Crippen LogP contribution in [0.15, 0.2) is 24.3 Å². The molecule has 1 saturated heterocycles. The standard InChI is InChI=1S/C13H18FNO/c1-2-16-12-6-4-11(5-7-12)13(14)8-3-9-15-10-13/h4-7,15H,2-3,8-10H2,1H3. The summed E-state index contributed by atoms with van der Waals surface area (Å²) in [4.78, 5) is 0. The number of rotatable bonds is 3. The van der Waals surface area contributed by atoms with E-state index in [-0.39, 0.29) is 0 Å². The Morgan fingerprint density at radius 2 is 2.12 bits per heavy atom. The molecule has 1 N–H and O–H groups in total. The average Bonchev–Trinajstić information content (AvgIpc) is 2.31. The van der Waals surface area contributed by atoms with Gasteiger partial charge in [0.25, 0.3) is 0 Å². The van der Waals surface area contributed by atoms with Gasteiger partial charge in [0.2, 0.25) is 0 Å². The topological polar surface area (TPSA) is 21.3 Å². The van der Waals surface area contributed by atoms with Gasteiger partial charge < -0.3 is 10.1 Å². The second-order valence-corrected chi connectivity index (χ2v) is 4.20. The second kappa shape index (κ2) is 4.83. The molecule has 1 unspecified atom stereocenters. The van der Waals surface area contributed by atoms with Crippen LogP contribution in [0, 0.1) is 0 Å². The predicted octanol–water partition coefficient (Wildman–Crippen LogP) is 2.63. The van der Waals surface area contributed by atoms with Gasteiger partial charge in [0.05, 0.1) is 6.61 Å². The summed E-state index contributed by atoms with van der Waals surface area (Å²) in [6.45, 7) is 3.92. The minimum Gasteiger partial charge on any atom is -0.494 e. The fourth-order valence-corrected chi connectivity index (χ4v) is 2.13. The molecule has 0 bridgehead atoms. The van der Waals surface area contributed by atoms with Gasteiger partial charge in [-0.3, -0.25) is 0 Å². The highest BCUT2D eigenvalue weighted by atomic mass is 19.1. The van der Waals surface area contributed by atoms with Gasteiger partial charge in [0, 0.05) is 6.54 Å². The molecule has 0 aromatic heterocycles. The highest BCUT2D eigenvalue weighted by Crippen LogP contribution is 2.33. The summed E-state index contributed by atoms with van der Waals surface area (Å²) in [7, 11) is 0. The van der Waals surface area contributed by atoms with E-state index >= 15 is 0 Å². The van der Waals surface area contributed by atoms with Crippen LogP contribution < -0.4 is 10.1 Å². The summed E-state index contributed by atoms with van der Waals surface area (Å²) in [5.74, 6) is 0.804. The van der Waals surface area contributed by atoms with Crippen molar-refractivity contribution < 1.29 is 9.13 Å². The van der Waals surface area contributed by atoms with E-state index in [1.54, 1.807) is 0 Å². The molecular weight excluding hydrogens is 205 g/mol. The SMILES string of the molecule is CCOc1ccc(C2(F)CCCNC2)cc1. The minimum atomic E-state index is -1.21. The number of nitrogens with one attached hydrogen (secondary N) is 1. The summed E-state index contributed by atoms with van der Waals surface area (Å²) in [5, 5.41) is 3.11. The Morgan fingerprint density at radius 3 is 2.69 bits per heavy atom. The molecular formula is C13H18FNO. The number of ether oxygens (including phenoxy) is 1. The summed E-state index contributed by atoms with van der Waals surface area (Å²) in [5.41, 5.74) is -0.452. The molecule has 2 nitrogen and oxygen atoms in total. The lowest BCUT2D eigenvalue weighted by Crippen LogP contribution is -2.40. The molecule has 1 heterocycles. The molecule has 1 fully saturated rings. The maximum absolute atomic E-state index is 14.5. The van der Waals surface area contributed by atoms with E-state index in [1.165, 1.54) is 0 Å². The van der Waals surface area contributed by atoms with Crippen molar-refractivity contribution in [3.63, 3.8) is 0 Å². The Kier molecular flexibility index (Phi) is 3.44. The zero-order chi connectivity index (χ0) is 11.4. The number of hydrogen-bond donors (Lipinski definition) is 1. The lowest BCUT2D eigenvalue weighted by atomic mass is 9.88. The molecule has 0 amide bonds. The molecule has 3 heteroatoms. The number of halogens is 1. The maximum atomic E-state index is 14.5. The van der Waals surface area contributed by atoms with Gasteiger partial charge in [0.15, 0.2) is 0 Å². The summed E-state index contributed by atoms with van der Waals surface area (Å²) in [6.07, 6.45) is 1.50. The van der Waals surface area contributed by atoms with Gasteiger partial charge in [-0.2, -0.15) is 0 Å². The van der Waals surface area contributed by atoms with Gasteiger partial charge in [-0.05, 0) is 44.0 Å². The molecule has 88 valence electrons. The lowest BCUT2D eigenvalue weighted by Gasteiger charge is -2.30.